The van der Waals surface area contributed by atoms with Crippen molar-refractivity contribution in [3.63, 3.8) is 0 Å². The maximum atomic E-state index is 14.0. The summed E-state index contributed by atoms with van der Waals surface area (Å²) < 4.78 is 80.3. The van der Waals surface area contributed by atoms with Gasteiger partial charge in [0.15, 0.2) is 0 Å². The van der Waals surface area contributed by atoms with Crippen LogP contribution in [0.25, 0.3) is 20.4 Å². The van der Waals surface area contributed by atoms with E-state index in [-0.39, 0.29) is 71.8 Å². The van der Waals surface area contributed by atoms with E-state index in [1.54, 1.807) is 73.8 Å². The quantitative estimate of drug-likeness (QED) is 0.0164. The van der Waals surface area contributed by atoms with E-state index in [0.29, 0.717) is 68.7 Å². The minimum absolute atomic E-state index is 0.106. The zero-order valence-electron chi connectivity index (χ0n) is 42.2. The summed E-state index contributed by atoms with van der Waals surface area (Å²) in [6.07, 6.45) is 0.929. The van der Waals surface area contributed by atoms with Crippen molar-refractivity contribution in [2.45, 2.75) is 41.1 Å². The van der Waals surface area contributed by atoms with Gasteiger partial charge in [-0.05, 0) is 122 Å². The van der Waals surface area contributed by atoms with Crippen LogP contribution in [0, 0.1) is 10.8 Å². The fraction of sp³-hybridized carbons (Fsp3) is 0.222. The second-order valence-corrected chi connectivity index (χ2v) is 23.3. The van der Waals surface area contributed by atoms with E-state index in [1.165, 1.54) is 71.2 Å². The second-order valence-electron chi connectivity index (χ2n) is 17.7. The number of ether oxygens (including phenoxy) is 3. The van der Waals surface area contributed by atoms with Crippen LogP contribution < -0.4 is 46.8 Å². The molecular weight excluding hydrogens is 1070 g/mol. The first-order valence-corrected chi connectivity index (χ1v) is 29.0. The van der Waals surface area contributed by atoms with Crippen LogP contribution in [-0.2, 0) is 37.6 Å². The number of benzene rings is 6. The highest BCUT2D eigenvalue weighted by Crippen LogP contribution is 2.34. The van der Waals surface area contributed by atoms with Gasteiger partial charge in [0.1, 0.15) is 39.8 Å². The van der Waals surface area contributed by atoms with Gasteiger partial charge in [-0.2, -0.15) is 0 Å². The van der Waals surface area contributed by atoms with Crippen LogP contribution in [0.4, 0.5) is 0 Å². The highest BCUT2D eigenvalue weighted by atomic mass is 32.2. The minimum Gasteiger partial charge on any atom is -0.497 e. The van der Waals surface area contributed by atoms with Crippen molar-refractivity contribution < 1.29 is 40.6 Å². The molecule has 2 aromatic heterocycles. The van der Waals surface area contributed by atoms with Gasteiger partial charge in [0.2, 0.25) is 20.0 Å². The fourth-order valence-corrected chi connectivity index (χ4v) is 12.8. The van der Waals surface area contributed by atoms with Gasteiger partial charge in [-0.25, -0.2) is 36.2 Å². The van der Waals surface area contributed by atoms with Crippen LogP contribution in [0.1, 0.15) is 71.5 Å². The number of nitrogens with zero attached hydrogens (tertiary/aromatic N) is 2. The van der Waals surface area contributed by atoms with Crippen molar-refractivity contribution in [3.05, 3.63) is 177 Å². The van der Waals surface area contributed by atoms with Crippen molar-refractivity contribution in [2.24, 2.45) is 17.2 Å². The second kappa shape index (κ2) is 25.6. The molecule has 2 amide bonds. The van der Waals surface area contributed by atoms with Gasteiger partial charge in [0.25, 0.3) is 11.8 Å². The molecule has 0 radical (unpaired) electrons. The normalized spacial score (nSPS) is 12.5. The number of nitrogen functional groups attached to an aromatic ring is 2. The van der Waals surface area contributed by atoms with Crippen molar-refractivity contribution >= 4 is 86.6 Å². The van der Waals surface area contributed by atoms with E-state index in [1.807, 2.05) is 18.2 Å². The summed E-state index contributed by atoms with van der Waals surface area (Å²) in [4.78, 5) is 35.4. The van der Waals surface area contributed by atoms with Gasteiger partial charge in [0, 0.05) is 35.3 Å². The summed E-state index contributed by atoms with van der Waals surface area (Å²) in [5.74, 6) is -0.0339. The zero-order valence-corrected chi connectivity index (χ0v) is 45.4. The van der Waals surface area contributed by atoms with Gasteiger partial charge in [-0.3, -0.25) is 20.4 Å². The number of aromatic nitrogens is 2. The minimum atomic E-state index is -4.22. The van der Waals surface area contributed by atoms with E-state index in [9.17, 15) is 26.4 Å². The average Bonchev–Trinajstić information content (AvgIpc) is 4.08. The lowest BCUT2D eigenvalue weighted by Crippen LogP contribution is -2.31. The van der Waals surface area contributed by atoms with Gasteiger partial charge in [0.05, 0.1) is 62.6 Å². The summed E-state index contributed by atoms with van der Waals surface area (Å²) >= 11 is 2.60. The molecule has 0 bridgehead atoms. The Labute approximate surface area is 458 Å². The van der Waals surface area contributed by atoms with Crippen molar-refractivity contribution in [1.29, 1.82) is 10.8 Å². The summed E-state index contributed by atoms with van der Waals surface area (Å²) in [6.45, 7) is 1.32. The van der Waals surface area contributed by atoms with Gasteiger partial charge >= 0.3 is 0 Å². The molecule has 0 aliphatic rings. The predicted octanol–water partition coefficient (Wildman–Crippen LogP) is 5.91. The Hall–Kier alpha value is -7.68. The molecule has 78 heavy (non-hydrogen) atoms. The molecule has 0 saturated heterocycles. The number of nitrogens with one attached hydrogen (secondary N) is 6. The van der Waals surface area contributed by atoms with Gasteiger partial charge in [-0.15, -0.1) is 22.7 Å². The lowest BCUT2D eigenvalue weighted by Gasteiger charge is -2.18. The molecule has 2 heterocycles. The Morgan fingerprint density at radius 2 is 1.06 bits per heavy atom. The Morgan fingerprint density at radius 3 is 1.56 bits per heavy atom. The maximum Gasteiger partial charge on any atom is 0.251 e. The lowest BCUT2D eigenvalue weighted by atomic mass is 10.0. The number of carbonyl (C=O) groups is 2. The number of methoxy groups -OCH3 is 1. The fourth-order valence-electron chi connectivity index (χ4n) is 8.11. The molecule has 0 spiro atoms. The number of hydrogen-bond donors (Lipinski definition) is 9. The number of nitrogens with two attached hydrogens (primary N) is 3. The highest BCUT2D eigenvalue weighted by Gasteiger charge is 2.28. The molecule has 2 atom stereocenters. The third-order valence-corrected chi connectivity index (χ3v) is 17.2. The van der Waals surface area contributed by atoms with Crippen LogP contribution in [0.3, 0.4) is 0 Å². The molecule has 0 saturated carbocycles. The van der Waals surface area contributed by atoms with Crippen LogP contribution >= 0.6 is 22.7 Å². The molecule has 12 N–H and O–H groups in total. The number of amidine groups is 2. The van der Waals surface area contributed by atoms with E-state index in [4.69, 9.17) is 52.2 Å². The van der Waals surface area contributed by atoms with Crippen LogP contribution in [0.15, 0.2) is 143 Å². The van der Waals surface area contributed by atoms with Crippen molar-refractivity contribution in [1.82, 2.24) is 30.0 Å². The molecule has 24 heteroatoms. The number of amides is 2. The molecule has 0 aliphatic carbocycles. The molecule has 8 aromatic rings. The molecule has 406 valence electrons. The summed E-state index contributed by atoms with van der Waals surface area (Å²) in [5, 5.41) is 22.3. The monoisotopic (exact) mass is 1130 g/mol. The zero-order chi connectivity index (χ0) is 55.4. The number of fused-ring (bicyclic) bond motifs is 2. The van der Waals surface area contributed by atoms with Crippen LogP contribution in [0.2, 0.25) is 0 Å². The number of rotatable bonds is 27. The molecular formula is C54H57N11O9S4. The standard InChI is InChI=1S/C54H57N11O9S4/c1-72-39-15-17-43-47(31-39)75-53(62-43)45(27-33-7-2-9-35(25-33)49(56)57)64-78(70,71)42-14-5-12-38(30-42)52(67)61-21-22-73-23-24-74-40-16-18-44-48(32-40)76-54(63-44)46(28-34-8-3-10-36(26-34)50(58)59)65-77(68,69)41-13-4-11-37(29-41)51(66)60-20-6-19-55/h2-5,7-18,25-26,29-32,45-46,64-65H,6,19-24,27-28,55H2,1H3,(H3,56,57)(H3,58,59)(H,60,66)(H,61,67)/t45-,46+/m1/s1. The predicted molar refractivity (Wildman–Crippen MR) is 302 cm³/mol. The topological polar surface area (TPSA) is 330 Å². The molecule has 20 nitrogen and oxygen atoms in total. The Kier molecular flexibility index (Phi) is 18.6. The summed E-state index contributed by atoms with van der Waals surface area (Å²) in [5.41, 5.74) is 21.1. The summed E-state index contributed by atoms with van der Waals surface area (Å²) in [6, 6.07) is 34.5. The molecule has 8 rings (SSSR count). The van der Waals surface area contributed by atoms with E-state index < -0.39 is 43.9 Å². The highest BCUT2D eigenvalue weighted by molar-refractivity contribution is 7.89. The number of thiazole rings is 2. The SMILES string of the molecule is COc1ccc2nc([C@@H](Cc3cccc(C(=N)N)c3)NS(=O)(=O)c3cccc(C(=O)NCCOCCOc4ccc5nc([C@H](Cc6cccc(C(=N)N)c6)NS(=O)(=O)c6cccc(C(=O)NCCCN)c6)sc5c4)c3)sc2c1. The number of carbonyl (C=O) groups excluding carboxylic acids is 2. The first-order chi connectivity index (χ1) is 37.5. The molecule has 0 unspecified atom stereocenters. The number of sulfonamides is 2. The maximum absolute atomic E-state index is 14.0. The largest absolute Gasteiger partial charge is 0.497 e. The van der Waals surface area contributed by atoms with Gasteiger partial charge < -0.3 is 42.0 Å². The average molecular weight is 1130 g/mol. The molecule has 0 fully saturated rings. The Bertz CT molecular complexity index is 3720. The van der Waals surface area contributed by atoms with Crippen molar-refractivity contribution in [2.75, 3.05) is 46.6 Å². The van der Waals surface area contributed by atoms with Crippen LogP contribution in [-0.4, -0.2) is 96.9 Å². The van der Waals surface area contributed by atoms with E-state index in [2.05, 4.69) is 20.1 Å². The molecule has 6 aromatic carbocycles. The Morgan fingerprint density at radius 1 is 0.590 bits per heavy atom. The Balaban J connectivity index is 0.866. The van der Waals surface area contributed by atoms with Crippen molar-refractivity contribution in [3.8, 4) is 11.5 Å². The first kappa shape index (κ1) is 56.5. The smallest absolute Gasteiger partial charge is 0.251 e. The van der Waals surface area contributed by atoms with Gasteiger partial charge in [-0.1, -0.05) is 48.5 Å². The van der Waals surface area contributed by atoms with E-state index in [0.717, 1.165) is 15.0 Å². The lowest BCUT2D eigenvalue weighted by molar-refractivity contribution is 0.0866. The third-order valence-electron chi connectivity index (χ3n) is 12.0. The molecule has 0 aliphatic heterocycles. The summed E-state index contributed by atoms with van der Waals surface area (Å²) in [7, 11) is -6.86. The number of hydrogen-bond acceptors (Lipinski definition) is 16. The third kappa shape index (κ3) is 14.7. The van der Waals surface area contributed by atoms with Crippen LogP contribution in [0.5, 0.6) is 11.5 Å². The first-order valence-electron chi connectivity index (χ1n) is 24.4. The van der Waals surface area contributed by atoms with E-state index >= 15 is 0 Å².